The van der Waals surface area contributed by atoms with Gasteiger partial charge in [-0.1, -0.05) is 13.8 Å². The number of benzene rings is 1. The van der Waals surface area contributed by atoms with E-state index in [9.17, 15) is 8.78 Å². The van der Waals surface area contributed by atoms with Crippen LogP contribution < -0.4 is 9.47 Å². The summed E-state index contributed by atoms with van der Waals surface area (Å²) in [5.74, 6) is -1.27. The number of hydrogen-bond acceptors (Lipinski definition) is 2. The summed E-state index contributed by atoms with van der Waals surface area (Å²) in [6, 6.07) is 1.45. The van der Waals surface area contributed by atoms with Crippen molar-refractivity contribution in [1.29, 1.82) is 0 Å². The first kappa shape index (κ1) is 9.24. The maximum Gasteiger partial charge on any atom is 0.231 e. The molecule has 2 nitrogen and oxygen atoms in total. The number of hydrogen-bond donors (Lipinski definition) is 0. The van der Waals surface area contributed by atoms with E-state index >= 15 is 0 Å². The maximum atomic E-state index is 13.3. The Hall–Kier alpha value is -1.32. The van der Waals surface area contributed by atoms with Gasteiger partial charge in [-0.05, 0) is 6.07 Å². The Morgan fingerprint density at radius 3 is 2.57 bits per heavy atom. The van der Waals surface area contributed by atoms with Crippen molar-refractivity contribution >= 4 is 0 Å². The highest BCUT2D eigenvalue weighted by Gasteiger charge is 2.25. The van der Waals surface area contributed by atoms with Crippen molar-refractivity contribution in [2.75, 3.05) is 6.79 Å². The fourth-order valence-electron chi connectivity index (χ4n) is 1.36. The number of halogens is 2. The summed E-state index contributed by atoms with van der Waals surface area (Å²) in [6.07, 6.45) is 0. The van der Waals surface area contributed by atoms with Crippen molar-refractivity contribution in [1.82, 2.24) is 0 Å². The molecule has 0 N–H and O–H groups in total. The standard InChI is InChI=1S/C10H9F2O2/c1-5(2)6-3-7-8(11)9(12)10(6)14-4-13-7/h3H,4H2,1-2H3. The van der Waals surface area contributed by atoms with E-state index in [4.69, 9.17) is 9.47 Å². The number of rotatable bonds is 1. The summed E-state index contributed by atoms with van der Waals surface area (Å²) in [4.78, 5) is 0. The average Bonchev–Trinajstić information content (AvgIpc) is 2.42. The summed E-state index contributed by atoms with van der Waals surface area (Å²) in [5.41, 5.74) is 0.552. The molecular weight excluding hydrogens is 190 g/mol. The summed E-state index contributed by atoms with van der Waals surface area (Å²) in [5, 5.41) is 0. The predicted molar refractivity (Wildman–Crippen MR) is 46.2 cm³/mol. The lowest BCUT2D eigenvalue weighted by Crippen LogP contribution is -2.03. The topological polar surface area (TPSA) is 18.5 Å². The highest BCUT2D eigenvalue weighted by molar-refractivity contribution is 5.49. The summed E-state index contributed by atoms with van der Waals surface area (Å²) >= 11 is 0. The van der Waals surface area contributed by atoms with E-state index in [0.717, 1.165) is 5.92 Å². The summed E-state index contributed by atoms with van der Waals surface area (Å²) in [7, 11) is 0. The second-order valence-electron chi connectivity index (χ2n) is 3.29. The predicted octanol–water partition coefficient (Wildman–Crippen LogP) is 2.66. The Morgan fingerprint density at radius 2 is 1.93 bits per heavy atom. The van der Waals surface area contributed by atoms with E-state index in [-0.39, 0.29) is 18.3 Å². The molecule has 2 heterocycles. The van der Waals surface area contributed by atoms with Crippen LogP contribution in [0.15, 0.2) is 6.07 Å². The van der Waals surface area contributed by atoms with E-state index < -0.39 is 11.6 Å². The molecule has 0 amide bonds. The normalized spacial score (nSPS) is 13.8. The molecular formula is C10H9F2O2. The zero-order chi connectivity index (χ0) is 10.3. The van der Waals surface area contributed by atoms with Gasteiger partial charge >= 0.3 is 0 Å². The van der Waals surface area contributed by atoms with E-state index in [1.807, 2.05) is 0 Å². The third-order valence-electron chi connectivity index (χ3n) is 2.08. The van der Waals surface area contributed by atoms with Crippen molar-refractivity contribution in [3.63, 3.8) is 0 Å². The molecule has 0 aromatic heterocycles. The van der Waals surface area contributed by atoms with Gasteiger partial charge in [0.1, 0.15) is 0 Å². The fraction of sp³-hybridized carbons (Fsp3) is 0.300. The summed E-state index contributed by atoms with van der Waals surface area (Å²) in [6.45, 7) is 3.45. The van der Waals surface area contributed by atoms with Gasteiger partial charge in [-0.15, -0.1) is 0 Å². The Kier molecular flexibility index (Phi) is 2.06. The van der Waals surface area contributed by atoms with Crippen molar-refractivity contribution in [3.8, 4) is 11.5 Å². The third-order valence-corrected chi connectivity index (χ3v) is 2.08. The number of fused-ring (bicyclic) bond motifs is 4. The smallest absolute Gasteiger partial charge is 0.231 e. The SMILES string of the molecule is C[C](C)c1cc2c(F)c(F)c1OCO2. The van der Waals surface area contributed by atoms with E-state index in [1.165, 1.54) is 6.07 Å². The Morgan fingerprint density at radius 1 is 1.21 bits per heavy atom. The van der Waals surface area contributed by atoms with Crippen LogP contribution in [-0.4, -0.2) is 6.79 Å². The quantitative estimate of drug-likeness (QED) is 0.692. The van der Waals surface area contributed by atoms with Crippen LogP contribution in [0.4, 0.5) is 8.78 Å². The lowest BCUT2D eigenvalue weighted by molar-refractivity contribution is 0.123. The third kappa shape index (κ3) is 1.22. The van der Waals surface area contributed by atoms with Gasteiger partial charge in [0, 0.05) is 11.5 Å². The lowest BCUT2D eigenvalue weighted by Gasteiger charge is -2.09. The van der Waals surface area contributed by atoms with Gasteiger partial charge in [-0.25, -0.2) is 0 Å². The van der Waals surface area contributed by atoms with Gasteiger partial charge in [0.2, 0.25) is 18.4 Å². The van der Waals surface area contributed by atoms with Crippen LogP contribution in [0.3, 0.4) is 0 Å². The first-order valence-corrected chi connectivity index (χ1v) is 4.19. The van der Waals surface area contributed by atoms with Crippen molar-refractivity contribution < 1.29 is 18.3 Å². The van der Waals surface area contributed by atoms with Crippen molar-refractivity contribution in [2.45, 2.75) is 13.8 Å². The second kappa shape index (κ2) is 3.12. The highest BCUT2D eigenvalue weighted by Crippen LogP contribution is 2.37. The minimum absolute atomic E-state index is 0.0660. The molecule has 0 saturated heterocycles. The van der Waals surface area contributed by atoms with Gasteiger partial charge in [0.25, 0.3) is 0 Å². The molecule has 1 aromatic rings. The Balaban J connectivity index is 2.67. The monoisotopic (exact) mass is 199 g/mol. The molecule has 1 radical (unpaired) electrons. The van der Waals surface area contributed by atoms with Crippen LogP contribution in [0.1, 0.15) is 19.4 Å². The molecule has 0 spiro atoms. The highest BCUT2D eigenvalue weighted by atomic mass is 19.2. The molecule has 2 aliphatic rings. The van der Waals surface area contributed by atoms with Gasteiger partial charge in [-0.3, -0.25) is 0 Å². The van der Waals surface area contributed by atoms with Crippen molar-refractivity contribution in [2.24, 2.45) is 0 Å². The van der Waals surface area contributed by atoms with Crippen LogP contribution in [0.5, 0.6) is 11.5 Å². The van der Waals surface area contributed by atoms with Crippen LogP contribution in [0, 0.1) is 17.6 Å². The second-order valence-corrected chi connectivity index (χ2v) is 3.29. The lowest BCUT2D eigenvalue weighted by atomic mass is 10.0. The van der Waals surface area contributed by atoms with E-state index in [2.05, 4.69) is 0 Å². The number of ether oxygens (including phenoxy) is 2. The largest absolute Gasteiger partial charge is 0.454 e. The molecule has 0 atom stereocenters. The zero-order valence-electron chi connectivity index (χ0n) is 7.86. The molecule has 0 unspecified atom stereocenters. The minimum atomic E-state index is -0.984. The van der Waals surface area contributed by atoms with Crippen LogP contribution in [-0.2, 0) is 0 Å². The Bertz CT molecular complexity index is 375. The molecule has 14 heavy (non-hydrogen) atoms. The van der Waals surface area contributed by atoms with Gasteiger partial charge in [-0.2, -0.15) is 8.78 Å². The minimum Gasteiger partial charge on any atom is -0.454 e. The van der Waals surface area contributed by atoms with Gasteiger partial charge in [0.15, 0.2) is 11.5 Å². The van der Waals surface area contributed by atoms with E-state index in [0.29, 0.717) is 5.56 Å². The maximum absolute atomic E-state index is 13.3. The fourth-order valence-corrected chi connectivity index (χ4v) is 1.36. The molecule has 75 valence electrons. The molecule has 0 saturated carbocycles. The molecule has 1 aromatic carbocycles. The van der Waals surface area contributed by atoms with Crippen LogP contribution >= 0.6 is 0 Å². The van der Waals surface area contributed by atoms with Crippen molar-refractivity contribution in [3.05, 3.63) is 29.2 Å². The molecule has 4 heteroatoms. The van der Waals surface area contributed by atoms with Crippen LogP contribution in [0.2, 0.25) is 0 Å². The first-order chi connectivity index (χ1) is 6.61. The van der Waals surface area contributed by atoms with Gasteiger partial charge < -0.3 is 9.47 Å². The van der Waals surface area contributed by atoms with Gasteiger partial charge in [0.05, 0.1) is 0 Å². The van der Waals surface area contributed by atoms with Crippen LogP contribution in [0.25, 0.3) is 0 Å². The average molecular weight is 199 g/mol. The van der Waals surface area contributed by atoms with E-state index in [1.54, 1.807) is 13.8 Å². The molecule has 2 aliphatic heterocycles. The molecule has 0 fully saturated rings. The zero-order valence-corrected chi connectivity index (χ0v) is 7.86. The Labute approximate surface area is 80.4 Å². The molecule has 3 rings (SSSR count). The summed E-state index contributed by atoms with van der Waals surface area (Å²) < 4.78 is 36.3. The molecule has 0 aliphatic carbocycles. The molecule has 2 bridgehead atoms. The first-order valence-electron chi connectivity index (χ1n) is 4.19.